The average molecular weight is 229 g/mol. The van der Waals surface area contributed by atoms with Gasteiger partial charge in [0.1, 0.15) is 11.8 Å². The van der Waals surface area contributed by atoms with E-state index >= 15 is 0 Å². The third-order valence-corrected chi connectivity index (χ3v) is 2.68. The topological polar surface area (TPSA) is 25.4 Å². The van der Waals surface area contributed by atoms with Crippen LogP contribution >= 0.6 is 11.6 Å². The number of hydrogen-bond acceptors (Lipinski definition) is 3. The second kappa shape index (κ2) is 4.81. The quantitative estimate of drug-likeness (QED) is 0.741. The first kappa shape index (κ1) is 12.3. The SMILES string of the molecule is CN(C)C(C)(C)COc1cccc(Cl)n1. The molecule has 1 rings (SSSR count). The lowest BCUT2D eigenvalue weighted by Gasteiger charge is -2.31. The third-order valence-electron chi connectivity index (χ3n) is 2.47. The number of halogens is 1. The summed E-state index contributed by atoms with van der Waals surface area (Å²) < 4.78 is 5.58. The lowest BCUT2D eigenvalue weighted by molar-refractivity contribution is 0.111. The lowest BCUT2D eigenvalue weighted by atomic mass is 10.1. The van der Waals surface area contributed by atoms with E-state index in [0.717, 1.165) is 0 Å². The highest BCUT2D eigenvalue weighted by molar-refractivity contribution is 6.29. The average Bonchev–Trinajstić information content (AvgIpc) is 2.15. The molecule has 4 heteroatoms. The van der Waals surface area contributed by atoms with Gasteiger partial charge < -0.3 is 9.64 Å². The molecular formula is C11H17ClN2O. The molecule has 0 amide bonds. The summed E-state index contributed by atoms with van der Waals surface area (Å²) in [5.41, 5.74) is -0.0238. The van der Waals surface area contributed by atoms with Gasteiger partial charge in [-0.15, -0.1) is 0 Å². The molecule has 0 saturated carbocycles. The van der Waals surface area contributed by atoms with Crippen LogP contribution in [-0.4, -0.2) is 36.1 Å². The van der Waals surface area contributed by atoms with E-state index in [1.165, 1.54) is 0 Å². The molecule has 0 atom stereocenters. The Morgan fingerprint density at radius 1 is 1.40 bits per heavy atom. The second-order valence-electron chi connectivity index (χ2n) is 4.29. The highest BCUT2D eigenvalue weighted by Crippen LogP contribution is 2.15. The van der Waals surface area contributed by atoms with Gasteiger partial charge in [0.2, 0.25) is 5.88 Å². The number of ether oxygens (including phenoxy) is 1. The Kier molecular flexibility index (Phi) is 3.94. The second-order valence-corrected chi connectivity index (χ2v) is 4.68. The molecule has 0 spiro atoms. The molecule has 0 aromatic carbocycles. The molecule has 3 nitrogen and oxygen atoms in total. The molecule has 15 heavy (non-hydrogen) atoms. The van der Waals surface area contributed by atoms with E-state index < -0.39 is 0 Å². The fraction of sp³-hybridized carbons (Fsp3) is 0.545. The van der Waals surface area contributed by atoms with Crippen molar-refractivity contribution >= 4 is 11.6 Å². The van der Waals surface area contributed by atoms with Crippen molar-refractivity contribution in [2.24, 2.45) is 0 Å². The van der Waals surface area contributed by atoms with Crippen molar-refractivity contribution in [2.45, 2.75) is 19.4 Å². The first-order chi connectivity index (χ1) is 6.92. The third kappa shape index (κ3) is 3.68. The Labute approximate surface area is 96.0 Å². The van der Waals surface area contributed by atoms with Gasteiger partial charge in [0.15, 0.2) is 0 Å². The van der Waals surface area contributed by atoms with Gasteiger partial charge in [-0.05, 0) is 34.0 Å². The summed E-state index contributed by atoms with van der Waals surface area (Å²) in [5.74, 6) is 0.567. The summed E-state index contributed by atoms with van der Waals surface area (Å²) in [6.45, 7) is 4.79. The van der Waals surface area contributed by atoms with Crippen LogP contribution in [0.25, 0.3) is 0 Å². The van der Waals surface area contributed by atoms with Crippen molar-refractivity contribution in [3.63, 3.8) is 0 Å². The van der Waals surface area contributed by atoms with E-state index in [1.54, 1.807) is 12.1 Å². The van der Waals surface area contributed by atoms with Crippen LogP contribution in [0.15, 0.2) is 18.2 Å². The summed E-state index contributed by atoms with van der Waals surface area (Å²) >= 11 is 5.76. The van der Waals surface area contributed by atoms with Crippen LogP contribution in [0.4, 0.5) is 0 Å². The van der Waals surface area contributed by atoms with Crippen LogP contribution in [0.2, 0.25) is 5.15 Å². The number of pyridine rings is 1. The van der Waals surface area contributed by atoms with Gasteiger partial charge >= 0.3 is 0 Å². The van der Waals surface area contributed by atoms with Crippen molar-refractivity contribution in [1.82, 2.24) is 9.88 Å². The first-order valence-corrected chi connectivity index (χ1v) is 5.22. The predicted octanol–water partition coefficient (Wildman–Crippen LogP) is 2.45. The molecule has 0 saturated heterocycles. The molecule has 0 radical (unpaired) electrons. The fourth-order valence-corrected chi connectivity index (χ4v) is 1.01. The van der Waals surface area contributed by atoms with Crippen LogP contribution in [0.3, 0.4) is 0 Å². The maximum atomic E-state index is 5.76. The Morgan fingerprint density at radius 3 is 2.60 bits per heavy atom. The number of rotatable bonds is 4. The molecule has 0 aliphatic heterocycles. The van der Waals surface area contributed by atoms with Crippen LogP contribution in [0, 0.1) is 0 Å². The summed E-state index contributed by atoms with van der Waals surface area (Å²) in [5, 5.41) is 0.454. The van der Waals surface area contributed by atoms with Crippen molar-refractivity contribution in [3.05, 3.63) is 23.4 Å². The molecule has 0 fully saturated rings. The largest absolute Gasteiger partial charge is 0.476 e. The van der Waals surface area contributed by atoms with Gasteiger partial charge in [-0.1, -0.05) is 17.7 Å². The lowest BCUT2D eigenvalue weighted by Crippen LogP contribution is -2.43. The van der Waals surface area contributed by atoms with Crippen molar-refractivity contribution in [2.75, 3.05) is 20.7 Å². The Morgan fingerprint density at radius 2 is 2.07 bits per heavy atom. The van der Waals surface area contributed by atoms with Crippen molar-refractivity contribution < 1.29 is 4.74 Å². The fourth-order valence-electron chi connectivity index (χ4n) is 0.850. The number of likely N-dealkylation sites (N-methyl/N-ethyl adjacent to an activating group) is 1. The molecule has 0 N–H and O–H groups in total. The maximum Gasteiger partial charge on any atom is 0.214 e. The maximum absolute atomic E-state index is 5.76. The normalized spacial score (nSPS) is 11.9. The van der Waals surface area contributed by atoms with E-state index in [-0.39, 0.29) is 5.54 Å². The zero-order valence-corrected chi connectivity index (χ0v) is 10.4. The molecule has 0 aliphatic carbocycles. The van der Waals surface area contributed by atoms with Gasteiger partial charge in [0.25, 0.3) is 0 Å². The van der Waals surface area contributed by atoms with Crippen molar-refractivity contribution in [1.29, 1.82) is 0 Å². The zero-order chi connectivity index (χ0) is 11.5. The van der Waals surface area contributed by atoms with E-state index in [0.29, 0.717) is 17.6 Å². The minimum atomic E-state index is -0.0238. The molecule has 1 heterocycles. The number of nitrogens with zero attached hydrogens (tertiary/aromatic N) is 2. The van der Waals surface area contributed by atoms with E-state index in [9.17, 15) is 0 Å². The minimum Gasteiger partial charge on any atom is -0.476 e. The molecular weight excluding hydrogens is 212 g/mol. The predicted molar refractivity (Wildman–Crippen MR) is 62.5 cm³/mol. The Balaban J connectivity index is 2.57. The van der Waals surface area contributed by atoms with Gasteiger partial charge in [-0.2, -0.15) is 0 Å². The highest BCUT2D eigenvalue weighted by atomic mass is 35.5. The van der Waals surface area contributed by atoms with Crippen molar-refractivity contribution in [3.8, 4) is 5.88 Å². The summed E-state index contributed by atoms with van der Waals surface area (Å²) in [6, 6.07) is 5.36. The van der Waals surface area contributed by atoms with E-state index in [1.807, 2.05) is 20.2 Å². The minimum absolute atomic E-state index is 0.0238. The van der Waals surface area contributed by atoms with Gasteiger partial charge in [-0.25, -0.2) is 4.98 Å². The first-order valence-electron chi connectivity index (χ1n) is 4.84. The monoisotopic (exact) mass is 228 g/mol. The molecule has 0 unspecified atom stereocenters. The summed E-state index contributed by atoms with van der Waals surface area (Å²) in [4.78, 5) is 6.17. The zero-order valence-electron chi connectivity index (χ0n) is 9.62. The molecule has 0 bridgehead atoms. The van der Waals surface area contributed by atoms with Crippen LogP contribution in [-0.2, 0) is 0 Å². The number of hydrogen-bond donors (Lipinski definition) is 0. The number of aromatic nitrogens is 1. The molecule has 0 aliphatic rings. The molecule has 1 aromatic rings. The molecule has 1 aromatic heterocycles. The summed E-state index contributed by atoms with van der Waals surface area (Å²) in [6.07, 6.45) is 0. The van der Waals surface area contributed by atoms with E-state index in [4.69, 9.17) is 16.3 Å². The van der Waals surface area contributed by atoms with Crippen LogP contribution in [0.1, 0.15) is 13.8 Å². The van der Waals surface area contributed by atoms with E-state index in [2.05, 4.69) is 23.7 Å². The van der Waals surface area contributed by atoms with Gasteiger partial charge in [0.05, 0.1) is 0 Å². The smallest absolute Gasteiger partial charge is 0.214 e. The highest BCUT2D eigenvalue weighted by Gasteiger charge is 2.21. The Bertz CT molecular complexity index is 326. The van der Waals surface area contributed by atoms with Crippen LogP contribution < -0.4 is 4.74 Å². The van der Waals surface area contributed by atoms with Crippen LogP contribution in [0.5, 0.6) is 5.88 Å². The molecule has 84 valence electrons. The van der Waals surface area contributed by atoms with Gasteiger partial charge in [0, 0.05) is 11.6 Å². The summed E-state index contributed by atoms with van der Waals surface area (Å²) in [7, 11) is 4.05. The Hall–Kier alpha value is -0.800. The van der Waals surface area contributed by atoms with Gasteiger partial charge in [-0.3, -0.25) is 0 Å². The standard InChI is InChI=1S/C11H17ClN2O/c1-11(2,14(3)4)8-15-10-7-5-6-9(12)13-10/h5-7H,8H2,1-4H3.